The summed E-state index contributed by atoms with van der Waals surface area (Å²) in [5, 5.41) is 0.116. The van der Waals surface area contributed by atoms with Gasteiger partial charge in [-0.2, -0.15) is 0 Å². The van der Waals surface area contributed by atoms with E-state index < -0.39 is 0 Å². The minimum Gasteiger partial charge on any atom is -0.122 e. The highest BCUT2D eigenvalue weighted by atomic mass is 35.5. The van der Waals surface area contributed by atoms with Gasteiger partial charge in [0.05, 0.1) is 5.38 Å². The van der Waals surface area contributed by atoms with Gasteiger partial charge >= 0.3 is 0 Å². The molecule has 0 N–H and O–H groups in total. The van der Waals surface area contributed by atoms with E-state index in [-0.39, 0.29) is 5.38 Å². The van der Waals surface area contributed by atoms with E-state index in [1.54, 1.807) is 0 Å². The van der Waals surface area contributed by atoms with Gasteiger partial charge in [0, 0.05) is 5.88 Å². The zero-order valence-corrected chi connectivity index (χ0v) is 9.98. The summed E-state index contributed by atoms with van der Waals surface area (Å²) in [5.74, 6) is 0.547. The molecule has 0 aliphatic carbocycles. The topological polar surface area (TPSA) is 0 Å². The second-order valence-electron chi connectivity index (χ2n) is 3.44. The molecule has 0 bridgehead atoms. The fourth-order valence-corrected chi connectivity index (χ4v) is 2.11. The summed E-state index contributed by atoms with van der Waals surface area (Å²) in [5.41, 5.74) is 2.35. The zero-order chi connectivity index (χ0) is 10.4. The van der Waals surface area contributed by atoms with Gasteiger partial charge in [0.2, 0.25) is 0 Å². The highest BCUT2D eigenvalue weighted by Crippen LogP contribution is 2.29. The van der Waals surface area contributed by atoms with Crippen molar-refractivity contribution in [2.75, 3.05) is 0 Å². The SMILES string of the molecule is CCCCC(Cl)c1ccccc1CCl. The van der Waals surface area contributed by atoms with E-state index in [1.807, 2.05) is 18.2 Å². The molecule has 0 amide bonds. The Morgan fingerprint density at radius 2 is 2.00 bits per heavy atom. The third-order valence-electron chi connectivity index (χ3n) is 2.35. The van der Waals surface area contributed by atoms with E-state index in [1.165, 1.54) is 18.4 Å². The lowest BCUT2D eigenvalue weighted by Crippen LogP contribution is -1.95. The lowest BCUT2D eigenvalue weighted by molar-refractivity contribution is 0.698. The van der Waals surface area contributed by atoms with Crippen LogP contribution in [0.5, 0.6) is 0 Å². The van der Waals surface area contributed by atoms with Gasteiger partial charge in [-0.15, -0.1) is 23.2 Å². The number of hydrogen-bond acceptors (Lipinski definition) is 0. The first-order chi connectivity index (χ1) is 6.79. The summed E-state index contributed by atoms with van der Waals surface area (Å²) in [6.45, 7) is 2.18. The van der Waals surface area contributed by atoms with Gasteiger partial charge in [-0.05, 0) is 17.5 Å². The van der Waals surface area contributed by atoms with Gasteiger partial charge in [-0.1, -0.05) is 44.0 Å². The molecule has 14 heavy (non-hydrogen) atoms. The summed E-state index contributed by atoms with van der Waals surface area (Å²) < 4.78 is 0. The highest BCUT2D eigenvalue weighted by molar-refractivity contribution is 6.21. The third-order valence-corrected chi connectivity index (χ3v) is 3.09. The van der Waals surface area contributed by atoms with Crippen LogP contribution < -0.4 is 0 Å². The monoisotopic (exact) mass is 230 g/mol. The Labute approximate surface area is 96.2 Å². The lowest BCUT2D eigenvalue weighted by Gasteiger charge is -2.12. The Morgan fingerprint density at radius 3 is 2.64 bits per heavy atom. The second kappa shape index (κ2) is 6.31. The first-order valence-corrected chi connectivity index (χ1v) is 6.04. The quantitative estimate of drug-likeness (QED) is 0.632. The summed E-state index contributed by atoms with van der Waals surface area (Å²) in [6, 6.07) is 8.14. The van der Waals surface area contributed by atoms with Crippen LogP contribution in [0.2, 0.25) is 0 Å². The van der Waals surface area contributed by atoms with Gasteiger partial charge in [0.15, 0.2) is 0 Å². The molecule has 0 aromatic heterocycles. The van der Waals surface area contributed by atoms with Crippen molar-refractivity contribution in [3.63, 3.8) is 0 Å². The van der Waals surface area contributed by atoms with Crippen LogP contribution in [0.25, 0.3) is 0 Å². The molecule has 0 fully saturated rings. The number of hydrogen-bond donors (Lipinski definition) is 0. The molecule has 1 unspecified atom stereocenters. The first-order valence-electron chi connectivity index (χ1n) is 5.07. The van der Waals surface area contributed by atoms with Crippen molar-refractivity contribution >= 4 is 23.2 Å². The van der Waals surface area contributed by atoms with Crippen molar-refractivity contribution in [1.29, 1.82) is 0 Å². The average molecular weight is 231 g/mol. The van der Waals surface area contributed by atoms with E-state index in [0.29, 0.717) is 5.88 Å². The number of unbranched alkanes of at least 4 members (excludes halogenated alkanes) is 1. The van der Waals surface area contributed by atoms with Gasteiger partial charge in [-0.25, -0.2) is 0 Å². The van der Waals surface area contributed by atoms with Gasteiger partial charge in [0.25, 0.3) is 0 Å². The minimum atomic E-state index is 0.116. The molecule has 0 spiro atoms. The Morgan fingerprint density at radius 1 is 1.29 bits per heavy atom. The van der Waals surface area contributed by atoms with Crippen LogP contribution in [-0.4, -0.2) is 0 Å². The maximum Gasteiger partial charge on any atom is 0.0588 e. The molecule has 1 aromatic carbocycles. The molecular weight excluding hydrogens is 215 g/mol. The fraction of sp³-hybridized carbons (Fsp3) is 0.500. The smallest absolute Gasteiger partial charge is 0.0588 e. The molecule has 0 nitrogen and oxygen atoms in total. The molecule has 2 heteroatoms. The molecule has 0 heterocycles. The van der Waals surface area contributed by atoms with Crippen LogP contribution >= 0.6 is 23.2 Å². The Hall–Kier alpha value is -0.200. The second-order valence-corrected chi connectivity index (χ2v) is 4.24. The van der Waals surface area contributed by atoms with E-state index in [4.69, 9.17) is 23.2 Å². The van der Waals surface area contributed by atoms with Crippen LogP contribution in [0.1, 0.15) is 42.7 Å². The van der Waals surface area contributed by atoms with Gasteiger partial charge in [-0.3, -0.25) is 0 Å². The number of alkyl halides is 2. The number of rotatable bonds is 5. The summed E-state index contributed by atoms with van der Waals surface area (Å²) in [7, 11) is 0. The molecule has 1 atom stereocenters. The van der Waals surface area contributed by atoms with E-state index in [0.717, 1.165) is 12.0 Å². The molecule has 1 aromatic rings. The predicted octanol–water partition coefficient (Wildman–Crippen LogP) is 4.90. The van der Waals surface area contributed by atoms with Crippen molar-refractivity contribution in [3.8, 4) is 0 Å². The third kappa shape index (κ3) is 3.18. The first kappa shape index (κ1) is 11.9. The van der Waals surface area contributed by atoms with Crippen molar-refractivity contribution < 1.29 is 0 Å². The fourth-order valence-electron chi connectivity index (χ4n) is 1.50. The van der Waals surface area contributed by atoms with E-state index in [2.05, 4.69) is 13.0 Å². The van der Waals surface area contributed by atoms with E-state index in [9.17, 15) is 0 Å². The number of halogens is 2. The van der Waals surface area contributed by atoms with E-state index >= 15 is 0 Å². The molecule has 0 saturated carbocycles. The predicted molar refractivity (Wildman–Crippen MR) is 64.1 cm³/mol. The molecule has 1 rings (SSSR count). The molecular formula is C12H16Cl2. The molecule has 0 saturated heterocycles. The standard InChI is InChI=1S/C12H16Cl2/c1-2-3-8-12(14)11-7-5-4-6-10(11)9-13/h4-7,12H,2-3,8-9H2,1H3. The van der Waals surface area contributed by atoms with Crippen molar-refractivity contribution in [2.45, 2.75) is 37.4 Å². The number of benzene rings is 1. The maximum absolute atomic E-state index is 6.31. The summed E-state index contributed by atoms with van der Waals surface area (Å²) in [4.78, 5) is 0. The Kier molecular flexibility index (Phi) is 5.36. The Bertz CT molecular complexity index is 271. The molecule has 78 valence electrons. The molecule has 0 aliphatic heterocycles. The minimum absolute atomic E-state index is 0.116. The normalized spacial score (nSPS) is 12.8. The summed E-state index contributed by atoms with van der Waals surface area (Å²) >= 11 is 12.2. The summed E-state index contributed by atoms with van der Waals surface area (Å²) in [6.07, 6.45) is 3.39. The van der Waals surface area contributed by atoms with Crippen molar-refractivity contribution in [1.82, 2.24) is 0 Å². The van der Waals surface area contributed by atoms with Crippen LogP contribution in [0.15, 0.2) is 24.3 Å². The van der Waals surface area contributed by atoms with Crippen LogP contribution in [0, 0.1) is 0 Å². The molecule has 0 aliphatic rings. The van der Waals surface area contributed by atoms with Crippen LogP contribution in [0.4, 0.5) is 0 Å². The Balaban J connectivity index is 2.72. The van der Waals surface area contributed by atoms with Crippen molar-refractivity contribution in [3.05, 3.63) is 35.4 Å². The maximum atomic E-state index is 6.31. The van der Waals surface area contributed by atoms with Crippen LogP contribution in [-0.2, 0) is 5.88 Å². The average Bonchev–Trinajstić information content (AvgIpc) is 2.25. The van der Waals surface area contributed by atoms with Gasteiger partial charge < -0.3 is 0 Å². The van der Waals surface area contributed by atoms with Gasteiger partial charge in [0.1, 0.15) is 0 Å². The van der Waals surface area contributed by atoms with Crippen molar-refractivity contribution in [2.24, 2.45) is 0 Å². The lowest BCUT2D eigenvalue weighted by atomic mass is 10.0. The zero-order valence-electron chi connectivity index (χ0n) is 8.47. The largest absolute Gasteiger partial charge is 0.122 e. The highest BCUT2D eigenvalue weighted by Gasteiger charge is 2.10. The van der Waals surface area contributed by atoms with Crippen LogP contribution in [0.3, 0.4) is 0 Å². The molecule has 0 radical (unpaired) electrons.